The second-order valence-electron chi connectivity index (χ2n) is 12.0. The number of anilines is 1. The highest BCUT2D eigenvalue weighted by atomic mass is 32.2. The van der Waals surface area contributed by atoms with Gasteiger partial charge in [0.15, 0.2) is 0 Å². The van der Waals surface area contributed by atoms with Crippen LogP contribution in [0.1, 0.15) is 50.4 Å². The van der Waals surface area contributed by atoms with E-state index in [1.165, 1.54) is 47.6 Å². The van der Waals surface area contributed by atoms with E-state index in [1.807, 2.05) is 13.8 Å². The van der Waals surface area contributed by atoms with E-state index < -0.39 is 38.1 Å². The summed E-state index contributed by atoms with van der Waals surface area (Å²) < 4.78 is 74.6. The van der Waals surface area contributed by atoms with Crippen LogP contribution < -0.4 is 14.2 Å². The molecule has 264 valence electrons. The van der Waals surface area contributed by atoms with Gasteiger partial charge in [-0.15, -0.1) is 11.3 Å². The monoisotopic (exact) mass is 723 g/mol. The maximum absolute atomic E-state index is 14.3. The minimum atomic E-state index is -3.89. The van der Waals surface area contributed by atoms with Gasteiger partial charge < -0.3 is 24.2 Å². The molecule has 0 spiro atoms. The molecule has 1 aliphatic rings. The number of fused-ring (bicyclic) bond motifs is 1. The Morgan fingerprint density at radius 2 is 1.83 bits per heavy atom. The summed E-state index contributed by atoms with van der Waals surface area (Å²) in [7, 11) is -4.76. The molecule has 0 radical (unpaired) electrons. The van der Waals surface area contributed by atoms with Crippen LogP contribution in [-0.4, -0.2) is 95.8 Å². The zero-order valence-electron chi connectivity index (χ0n) is 27.9. The number of carbonyl (C=O) groups is 1. The van der Waals surface area contributed by atoms with Crippen molar-refractivity contribution < 1.29 is 40.9 Å². The molecule has 2 N–H and O–H groups in total. The minimum Gasteiger partial charge on any atom is -0.497 e. The molecule has 0 fully saturated rings. The van der Waals surface area contributed by atoms with Gasteiger partial charge in [-0.25, -0.2) is 16.8 Å². The quantitative estimate of drug-likeness (QED) is 0.304. The second-order valence-corrected chi connectivity index (χ2v) is 16.9. The van der Waals surface area contributed by atoms with Gasteiger partial charge in [-0.05, 0) is 87.0 Å². The number of thiophene rings is 1. The molecule has 1 aliphatic heterocycles. The van der Waals surface area contributed by atoms with Crippen LogP contribution in [0.5, 0.6) is 11.5 Å². The number of amides is 1. The predicted molar refractivity (Wildman–Crippen MR) is 185 cm³/mol. The van der Waals surface area contributed by atoms with E-state index in [0.29, 0.717) is 30.9 Å². The number of nitrogens with one attached hydrogen (secondary N) is 1. The van der Waals surface area contributed by atoms with E-state index in [-0.39, 0.29) is 52.1 Å². The summed E-state index contributed by atoms with van der Waals surface area (Å²) in [6, 6.07) is 13.2. The SMILES string of the molecule is COc1ccc(S(=O)(=O)N(C)C[C@H]2OCCCC[C@@H](C)Oc3ccc(NS(=O)(=O)c4cccs4)cc3C(=O)N([C@H](C)CO)C[C@@H]2C)cc1. The van der Waals surface area contributed by atoms with Crippen molar-refractivity contribution in [2.45, 2.75) is 67.4 Å². The van der Waals surface area contributed by atoms with E-state index in [9.17, 15) is 26.7 Å². The lowest BCUT2D eigenvalue weighted by atomic mass is 10.0. The highest BCUT2D eigenvalue weighted by Gasteiger charge is 2.32. The van der Waals surface area contributed by atoms with Crippen molar-refractivity contribution in [1.29, 1.82) is 0 Å². The number of sulfonamides is 2. The van der Waals surface area contributed by atoms with E-state index >= 15 is 0 Å². The Bertz CT molecular complexity index is 1720. The number of ether oxygens (including phenoxy) is 3. The summed E-state index contributed by atoms with van der Waals surface area (Å²) in [5.41, 5.74) is 0.318. The fourth-order valence-electron chi connectivity index (χ4n) is 5.35. The zero-order chi connectivity index (χ0) is 35.1. The summed E-state index contributed by atoms with van der Waals surface area (Å²) >= 11 is 1.08. The molecule has 3 aromatic rings. The smallest absolute Gasteiger partial charge is 0.271 e. The minimum absolute atomic E-state index is 0.0236. The number of methoxy groups -OCH3 is 1. The lowest BCUT2D eigenvalue weighted by Gasteiger charge is -2.35. The Kier molecular flexibility index (Phi) is 12.9. The van der Waals surface area contributed by atoms with E-state index in [0.717, 1.165) is 17.8 Å². The van der Waals surface area contributed by atoms with Crippen LogP contribution in [0.15, 0.2) is 69.1 Å². The molecule has 48 heavy (non-hydrogen) atoms. The zero-order valence-corrected chi connectivity index (χ0v) is 30.3. The standard InChI is InChI=1S/C33H45N3O9S3/c1-23-20-36(24(2)22-37)33(38)29-19-26(34-47(39,40)32-10-8-18-46-32)11-16-30(29)45-25(3)9-6-7-17-44-31(23)21-35(4)48(41,42)28-14-12-27(43-5)13-15-28/h8,10-16,18-19,23-25,31,34,37H,6-7,9,17,20-22H2,1-5H3/t23-,24+,25+,31+/m0/s1. The molecule has 2 heterocycles. The third-order valence-electron chi connectivity index (χ3n) is 8.27. The second kappa shape index (κ2) is 16.5. The predicted octanol–water partition coefficient (Wildman–Crippen LogP) is 4.67. The lowest BCUT2D eigenvalue weighted by molar-refractivity contribution is -0.00833. The number of aliphatic hydroxyl groups excluding tert-OH is 1. The van der Waals surface area contributed by atoms with Crippen LogP contribution in [-0.2, 0) is 24.8 Å². The average molecular weight is 724 g/mol. The summed E-state index contributed by atoms with van der Waals surface area (Å²) in [6.45, 7) is 5.65. The normalized spacial score (nSPS) is 20.8. The Morgan fingerprint density at radius 3 is 2.48 bits per heavy atom. The number of benzene rings is 2. The topological polar surface area (TPSA) is 152 Å². The molecule has 0 unspecified atom stereocenters. The summed E-state index contributed by atoms with van der Waals surface area (Å²) in [4.78, 5) is 15.9. The van der Waals surface area contributed by atoms with Crippen molar-refractivity contribution in [2.75, 3.05) is 45.2 Å². The highest BCUT2D eigenvalue weighted by molar-refractivity contribution is 7.94. The molecular formula is C33H45N3O9S3. The van der Waals surface area contributed by atoms with Crippen molar-refractivity contribution >= 4 is 43.0 Å². The van der Waals surface area contributed by atoms with Crippen LogP contribution in [0.3, 0.4) is 0 Å². The molecule has 0 bridgehead atoms. The fraction of sp³-hybridized carbons (Fsp3) is 0.485. The fourth-order valence-corrected chi connectivity index (χ4v) is 8.58. The van der Waals surface area contributed by atoms with E-state index in [2.05, 4.69) is 4.72 Å². The molecule has 0 aliphatic carbocycles. The molecule has 1 aromatic heterocycles. The van der Waals surface area contributed by atoms with Crippen molar-refractivity contribution in [3.8, 4) is 11.5 Å². The van der Waals surface area contributed by atoms with Gasteiger partial charge in [-0.3, -0.25) is 9.52 Å². The van der Waals surface area contributed by atoms with Gasteiger partial charge in [-0.2, -0.15) is 4.31 Å². The lowest BCUT2D eigenvalue weighted by Crippen LogP contribution is -2.48. The highest BCUT2D eigenvalue weighted by Crippen LogP contribution is 2.30. The van der Waals surface area contributed by atoms with Gasteiger partial charge in [0.25, 0.3) is 15.9 Å². The Labute approximate surface area is 287 Å². The molecule has 15 heteroatoms. The molecular weight excluding hydrogens is 679 g/mol. The first-order valence-electron chi connectivity index (χ1n) is 15.8. The van der Waals surface area contributed by atoms with Gasteiger partial charge in [0.2, 0.25) is 10.0 Å². The van der Waals surface area contributed by atoms with Crippen molar-refractivity contribution in [2.24, 2.45) is 5.92 Å². The van der Waals surface area contributed by atoms with Crippen LogP contribution in [0, 0.1) is 5.92 Å². The molecule has 4 rings (SSSR count). The first-order chi connectivity index (χ1) is 22.8. The van der Waals surface area contributed by atoms with Gasteiger partial charge in [-0.1, -0.05) is 13.0 Å². The van der Waals surface area contributed by atoms with E-state index in [4.69, 9.17) is 14.2 Å². The third-order valence-corrected chi connectivity index (χ3v) is 12.9. The Hall–Kier alpha value is -3.21. The number of hydrogen-bond donors (Lipinski definition) is 2. The number of aliphatic hydroxyl groups is 1. The molecule has 0 saturated heterocycles. The molecule has 12 nitrogen and oxygen atoms in total. The molecule has 4 atom stereocenters. The van der Waals surface area contributed by atoms with Crippen LogP contribution in [0.4, 0.5) is 5.69 Å². The number of rotatable bonds is 10. The maximum atomic E-state index is 14.3. The molecule has 1 amide bonds. The first kappa shape index (κ1) is 37.6. The number of carbonyl (C=O) groups excluding carboxylic acids is 1. The van der Waals surface area contributed by atoms with Crippen LogP contribution in [0.2, 0.25) is 0 Å². The van der Waals surface area contributed by atoms with Gasteiger partial charge in [0, 0.05) is 38.3 Å². The Morgan fingerprint density at radius 1 is 1.10 bits per heavy atom. The van der Waals surface area contributed by atoms with Crippen molar-refractivity contribution in [3.63, 3.8) is 0 Å². The average Bonchev–Trinajstić information content (AvgIpc) is 3.62. The van der Waals surface area contributed by atoms with Gasteiger partial charge in [0.1, 0.15) is 15.7 Å². The molecule has 2 aromatic carbocycles. The summed E-state index contributed by atoms with van der Waals surface area (Å²) in [5.74, 6) is -0.0128. The Balaban J connectivity index is 1.66. The number of nitrogens with zero attached hydrogens (tertiary/aromatic N) is 2. The van der Waals surface area contributed by atoms with Crippen molar-refractivity contribution in [1.82, 2.24) is 9.21 Å². The summed E-state index contributed by atoms with van der Waals surface area (Å²) in [6.07, 6.45) is 1.26. The maximum Gasteiger partial charge on any atom is 0.271 e. The third kappa shape index (κ3) is 9.27. The summed E-state index contributed by atoms with van der Waals surface area (Å²) in [5, 5.41) is 11.9. The number of likely N-dealkylation sites (N-methyl/N-ethyl adjacent to an activating group) is 1. The van der Waals surface area contributed by atoms with Gasteiger partial charge in [0.05, 0.1) is 42.4 Å². The van der Waals surface area contributed by atoms with E-state index in [1.54, 1.807) is 42.6 Å². The van der Waals surface area contributed by atoms with Gasteiger partial charge >= 0.3 is 0 Å². The largest absolute Gasteiger partial charge is 0.497 e. The first-order valence-corrected chi connectivity index (χ1v) is 19.6. The van der Waals surface area contributed by atoms with Crippen molar-refractivity contribution in [3.05, 3.63) is 65.5 Å². The number of hydrogen-bond acceptors (Lipinski definition) is 10. The molecule has 0 saturated carbocycles. The van der Waals surface area contributed by atoms with Crippen LogP contribution in [0.25, 0.3) is 0 Å². The van der Waals surface area contributed by atoms with Crippen LogP contribution >= 0.6 is 11.3 Å².